The van der Waals surface area contributed by atoms with Gasteiger partial charge in [-0.15, -0.1) is 0 Å². The summed E-state index contributed by atoms with van der Waals surface area (Å²) in [5.74, 6) is -1.13. The van der Waals surface area contributed by atoms with Crippen LogP contribution in [-0.2, 0) is 20.2 Å². The number of nitrogens with zero attached hydrogens (tertiary/aromatic N) is 1. The van der Waals surface area contributed by atoms with E-state index in [2.05, 4.69) is 0 Å². The maximum Gasteiger partial charge on any atom is 0.516 e. The first kappa shape index (κ1) is 20.2. The lowest BCUT2D eigenvalue weighted by Crippen LogP contribution is -2.69. The van der Waals surface area contributed by atoms with Gasteiger partial charge in [0.15, 0.2) is 0 Å². The zero-order valence-corrected chi connectivity index (χ0v) is 16.3. The Morgan fingerprint density at radius 1 is 0.733 bits per heavy atom. The molecule has 4 nitrogen and oxygen atoms in total. The summed E-state index contributed by atoms with van der Waals surface area (Å²) in [5, 5.41) is 0. The highest BCUT2D eigenvalue weighted by Crippen LogP contribution is 2.58. The Kier molecular flexibility index (Phi) is 4.69. The first-order valence-corrected chi connectivity index (χ1v) is 10.5. The van der Waals surface area contributed by atoms with E-state index in [0.717, 1.165) is 0 Å². The van der Waals surface area contributed by atoms with Gasteiger partial charge in [-0.1, -0.05) is 91.0 Å². The van der Waals surface area contributed by atoms with E-state index in [1.165, 1.54) is 12.1 Å². The van der Waals surface area contributed by atoms with Gasteiger partial charge < -0.3 is 0 Å². The minimum absolute atomic E-state index is 0.0255. The molecule has 1 aliphatic heterocycles. The number of hydrogen-bond donors (Lipinski definition) is 0. The molecule has 1 heterocycles. The van der Waals surface area contributed by atoms with Crippen molar-refractivity contribution in [2.24, 2.45) is 0 Å². The molecular formula is C22H16F3NO3S. The second kappa shape index (κ2) is 6.98. The number of carbonyl (C=O) groups excluding carboxylic acids is 1. The molecule has 154 valence electrons. The van der Waals surface area contributed by atoms with Crippen LogP contribution >= 0.6 is 0 Å². The SMILES string of the molecule is O=C1N(S(=O)(=O)C(F)(F)F)[C@H](c2ccccc2)C1(c1ccccc1)c1ccccc1. The molecular weight excluding hydrogens is 415 g/mol. The van der Waals surface area contributed by atoms with Crippen LogP contribution in [0.15, 0.2) is 91.0 Å². The van der Waals surface area contributed by atoms with Crippen LogP contribution in [0.25, 0.3) is 0 Å². The number of hydrogen-bond acceptors (Lipinski definition) is 3. The third-order valence-corrected chi connectivity index (χ3v) is 6.79. The molecule has 8 heteroatoms. The van der Waals surface area contributed by atoms with Crippen molar-refractivity contribution in [2.45, 2.75) is 17.0 Å². The second-order valence-corrected chi connectivity index (χ2v) is 8.71. The number of alkyl halides is 3. The quantitative estimate of drug-likeness (QED) is 0.575. The molecule has 0 spiro atoms. The van der Waals surface area contributed by atoms with Crippen molar-refractivity contribution >= 4 is 15.9 Å². The van der Waals surface area contributed by atoms with Crippen LogP contribution in [0, 0.1) is 0 Å². The van der Waals surface area contributed by atoms with Gasteiger partial charge in [-0.2, -0.15) is 21.6 Å². The van der Waals surface area contributed by atoms with E-state index in [4.69, 9.17) is 0 Å². The second-order valence-electron chi connectivity index (χ2n) is 6.91. The van der Waals surface area contributed by atoms with Gasteiger partial charge in [0.1, 0.15) is 5.41 Å². The Hall–Kier alpha value is -3.13. The fraction of sp³-hybridized carbons (Fsp3) is 0.136. The summed E-state index contributed by atoms with van der Waals surface area (Å²) >= 11 is 0. The lowest BCUT2D eigenvalue weighted by Gasteiger charge is -2.55. The standard InChI is InChI=1S/C22H16F3NO3S/c23-22(24,25)30(28,29)26-19(16-10-4-1-5-11-16)21(20(26)27,17-12-6-2-7-13-17)18-14-8-3-9-15-18/h1-15,19H/t19-/m1/s1. The molecule has 0 N–H and O–H groups in total. The largest absolute Gasteiger partial charge is 0.516 e. The monoisotopic (exact) mass is 431 g/mol. The molecule has 0 unspecified atom stereocenters. The van der Waals surface area contributed by atoms with Crippen LogP contribution in [0.2, 0.25) is 0 Å². The van der Waals surface area contributed by atoms with Crippen LogP contribution in [0.1, 0.15) is 22.7 Å². The molecule has 0 aliphatic carbocycles. The zero-order valence-electron chi connectivity index (χ0n) is 15.5. The van der Waals surface area contributed by atoms with E-state index < -0.39 is 32.9 Å². The first-order valence-electron chi connectivity index (χ1n) is 9.03. The van der Waals surface area contributed by atoms with Crippen LogP contribution in [0.4, 0.5) is 13.2 Å². The summed E-state index contributed by atoms with van der Waals surface area (Å²) in [6, 6.07) is 23.1. The number of carbonyl (C=O) groups is 1. The fourth-order valence-electron chi connectivity index (χ4n) is 4.03. The predicted octanol–water partition coefficient (Wildman–Crippen LogP) is 4.41. The van der Waals surface area contributed by atoms with Crippen molar-refractivity contribution in [3.8, 4) is 0 Å². The molecule has 3 aromatic carbocycles. The summed E-state index contributed by atoms with van der Waals surface area (Å²) in [5.41, 5.74) is -6.08. The maximum absolute atomic E-state index is 13.4. The lowest BCUT2D eigenvalue weighted by atomic mass is 9.61. The fourth-order valence-corrected chi connectivity index (χ4v) is 5.17. The molecule has 1 amide bonds. The summed E-state index contributed by atoms with van der Waals surface area (Å²) in [7, 11) is -5.89. The molecule has 1 atom stereocenters. The normalized spacial score (nSPS) is 18.7. The van der Waals surface area contributed by atoms with Crippen molar-refractivity contribution < 1.29 is 26.4 Å². The minimum atomic E-state index is -5.89. The van der Waals surface area contributed by atoms with Gasteiger partial charge in [-0.25, -0.2) is 4.31 Å². The van der Waals surface area contributed by atoms with Gasteiger partial charge in [-0.05, 0) is 16.7 Å². The van der Waals surface area contributed by atoms with Crippen LogP contribution in [-0.4, -0.2) is 24.1 Å². The van der Waals surface area contributed by atoms with Gasteiger partial charge in [0, 0.05) is 0 Å². The predicted molar refractivity (Wildman–Crippen MR) is 105 cm³/mol. The van der Waals surface area contributed by atoms with Crippen molar-refractivity contribution in [3.05, 3.63) is 108 Å². The molecule has 4 rings (SSSR count). The van der Waals surface area contributed by atoms with Crippen molar-refractivity contribution in [2.75, 3.05) is 0 Å². The highest BCUT2D eigenvalue weighted by molar-refractivity contribution is 7.90. The van der Waals surface area contributed by atoms with E-state index in [1.807, 2.05) is 0 Å². The Balaban J connectivity index is 2.04. The van der Waals surface area contributed by atoms with Gasteiger partial charge >= 0.3 is 15.5 Å². The van der Waals surface area contributed by atoms with Crippen molar-refractivity contribution in [1.82, 2.24) is 4.31 Å². The number of sulfonamides is 1. The highest BCUT2D eigenvalue weighted by atomic mass is 32.2. The lowest BCUT2D eigenvalue weighted by molar-refractivity contribution is -0.150. The van der Waals surface area contributed by atoms with Crippen LogP contribution in [0.5, 0.6) is 0 Å². The molecule has 1 aliphatic rings. The number of amides is 1. The summed E-state index contributed by atoms with van der Waals surface area (Å²) in [4.78, 5) is 13.4. The third kappa shape index (κ3) is 2.74. The van der Waals surface area contributed by atoms with E-state index in [0.29, 0.717) is 11.1 Å². The van der Waals surface area contributed by atoms with Gasteiger partial charge in [0.25, 0.3) is 5.91 Å². The van der Waals surface area contributed by atoms with E-state index >= 15 is 0 Å². The van der Waals surface area contributed by atoms with Crippen LogP contribution < -0.4 is 0 Å². The van der Waals surface area contributed by atoms with Gasteiger partial charge in [0.2, 0.25) is 0 Å². The van der Waals surface area contributed by atoms with Crippen molar-refractivity contribution in [3.63, 3.8) is 0 Å². The smallest absolute Gasteiger partial charge is 0.272 e. The summed E-state index contributed by atoms with van der Waals surface area (Å²) in [6.07, 6.45) is 0. The topological polar surface area (TPSA) is 54.5 Å². The number of halogens is 3. The van der Waals surface area contributed by atoms with E-state index in [1.54, 1.807) is 78.9 Å². The number of β-lactam (4-membered cyclic amide) rings is 1. The first-order chi connectivity index (χ1) is 14.2. The molecule has 1 saturated heterocycles. The Morgan fingerprint density at radius 3 is 1.53 bits per heavy atom. The van der Waals surface area contributed by atoms with Gasteiger partial charge in [-0.3, -0.25) is 4.79 Å². The molecule has 1 fully saturated rings. The highest BCUT2D eigenvalue weighted by Gasteiger charge is 2.71. The molecule has 0 bridgehead atoms. The molecule has 0 aromatic heterocycles. The third-order valence-electron chi connectivity index (χ3n) is 5.31. The number of rotatable bonds is 4. The summed E-state index contributed by atoms with van der Waals surface area (Å²) < 4.78 is 65.0. The number of benzene rings is 3. The minimum Gasteiger partial charge on any atom is -0.272 e. The van der Waals surface area contributed by atoms with Gasteiger partial charge in [0.05, 0.1) is 6.04 Å². The molecule has 0 saturated carbocycles. The van der Waals surface area contributed by atoms with Crippen LogP contribution in [0.3, 0.4) is 0 Å². The van der Waals surface area contributed by atoms with E-state index in [-0.39, 0.29) is 9.87 Å². The average Bonchev–Trinajstić information content (AvgIpc) is 2.73. The average molecular weight is 431 g/mol. The molecule has 0 radical (unpaired) electrons. The van der Waals surface area contributed by atoms with E-state index in [9.17, 15) is 26.4 Å². The Morgan fingerprint density at radius 2 is 1.13 bits per heavy atom. The zero-order chi connectivity index (χ0) is 21.6. The maximum atomic E-state index is 13.4. The molecule has 3 aromatic rings. The summed E-state index contributed by atoms with van der Waals surface area (Å²) in [6.45, 7) is 0. The molecule has 30 heavy (non-hydrogen) atoms. The Labute approximate surface area is 171 Å². The van der Waals surface area contributed by atoms with Crippen molar-refractivity contribution in [1.29, 1.82) is 0 Å². The Bertz CT molecular complexity index is 1130.